The average Bonchev–Trinajstić information content (AvgIpc) is 2.65. The van der Waals surface area contributed by atoms with E-state index in [0.29, 0.717) is 0 Å². The van der Waals surface area contributed by atoms with Gasteiger partial charge in [-0.1, -0.05) is 26.8 Å². The summed E-state index contributed by atoms with van der Waals surface area (Å²) in [5.74, 6) is 0. The zero-order valence-electron chi connectivity index (χ0n) is 10.7. The minimum absolute atomic E-state index is 0.101. The summed E-state index contributed by atoms with van der Waals surface area (Å²) in [5, 5.41) is 2.11. The van der Waals surface area contributed by atoms with Gasteiger partial charge in [-0.05, 0) is 29.7 Å². The van der Waals surface area contributed by atoms with Gasteiger partial charge in [-0.3, -0.25) is 0 Å². The lowest BCUT2D eigenvalue weighted by Gasteiger charge is -2.34. The largest absolute Gasteiger partial charge is 0.379 e. The first-order valence-corrected chi connectivity index (χ1v) is 6.64. The van der Waals surface area contributed by atoms with Crippen LogP contribution in [0.1, 0.15) is 32.1 Å². The second-order valence-electron chi connectivity index (χ2n) is 5.30. The van der Waals surface area contributed by atoms with Crippen LogP contribution in [0.5, 0.6) is 0 Å². The van der Waals surface area contributed by atoms with Gasteiger partial charge < -0.3 is 10.5 Å². The van der Waals surface area contributed by atoms with Gasteiger partial charge in [-0.15, -0.1) is 11.3 Å². The molecule has 0 radical (unpaired) electrons. The molecular weight excluding hydrogens is 218 g/mol. The van der Waals surface area contributed by atoms with Gasteiger partial charge in [-0.2, -0.15) is 0 Å². The Hall–Kier alpha value is -0.380. The summed E-state index contributed by atoms with van der Waals surface area (Å²) in [6.45, 7) is 6.52. The highest BCUT2D eigenvalue weighted by Gasteiger charge is 2.29. The van der Waals surface area contributed by atoms with Crippen LogP contribution < -0.4 is 5.73 Å². The highest BCUT2D eigenvalue weighted by Crippen LogP contribution is 2.25. The van der Waals surface area contributed by atoms with Crippen molar-refractivity contribution in [2.24, 2.45) is 11.1 Å². The van der Waals surface area contributed by atoms with Crippen molar-refractivity contribution in [1.82, 2.24) is 0 Å². The number of hydrogen-bond donors (Lipinski definition) is 1. The van der Waals surface area contributed by atoms with Crippen molar-refractivity contribution in [3.8, 4) is 0 Å². The van der Waals surface area contributed by atoms with Gasteiger partial charge in [0, 0.05) is 18.0 Å². The zero-order valence-corrected chi connectivity index (χ0v) is 11.5. The highest BCUT2D eigenvalue weighted by molar-refractivity contribution is 7.09. The number of nitrogens with two attached hydrogens (primary N) is 1. The molecule has 0 bridgehead atoms. The molecule has 0 spiro atoms. The lowest BCUT2D eigenvalue weighted by molar-refractivity contribution is -0.00344. The fraction of sp³-hybridized carbons (Fsp3) is 0.692. The van der Waals surface area contributed by atoms with Crippen LogP contribution in [-0.4, -0.2) is 19.3 Å². The third-order valence-electron chi connectivity index (χ3n) is 2.80. The predicted molar refractivity (Wildman–Crippen MR) is 70.9 cm³/mol. The summed E-state index contributed by atoms with van der Waals surface area (Å²) in [7, 11) is 1.75. The number of ether oxygens (including phenoxy) is 1. The fourth-order valence-corrected chi connectivity index (χ4v) is 2.81. The van der Waals surface area contributed by atoms with Crippen LogP contribution in [0, 0.1) is 5.41 Å². The van der Waals surface area contributed by atoms with Gasteiger partial charge in [0.25, 0.3) is 0 Å². The Kier molecular flexibility index (Phi) is 4.96. The van der Waals surface area contributed by atoms with E-state index in [1.54, 1.807) is 18.4 Å². The molecule has 0 aliphatic carbocycles. The summed E-state index contributed by atoms with van der Waals surface area (Å²) in [6, 6.07) is 4.35. The lowest BCUT2D eigenvalue weighted by atomic mass is 9.83. The van der Waals surface area contributed by atoms with Crippen molar-refractivity contribution in [2.75, 3.05) is 7.11 Å². The predicted octanol–water partition coefficient (Wildman–Crippen LogP) is 3.07. The standard InChI is InChI=1S/C13H23NOS/c1-13(2,3)12(15-4)11(14)8-7-10-6-5-9-16-10/h5-6,9,11-12H,7-8,14H2,1-4H3. The maximum absolute atomic E-state index is 6.21. The average molecular weight is 241 g/mol. The van der Waals surface area contributed by atoms with E-state index in [1.807, 2.05) is 0 Å². The van der Waals surface area contributed by atoms with Gasteiger partial charge >= 0.3 is 0 Å². The Bertz CT molecular complexity index is 289. The molecule has 0 fully saturated rings. The molecule has 0 amide bonds. The molecule has 2 nitrogen and oxygen atoms in total. The van der Waals surface area contributed by atoms with Crippen molar-refractivity contribution in [3.05, 3.63) is 22.4 Å². The van der Waals surface area contributed by atoms with Crippen LogP contribution in [0.4, 0.5) is 0 Å². The minimum Gasteiger partial charge on any atom is -0.379 e. The smallest absolute Gasteiger partial charge is 0.0770 e. The Morgan fingerprint density at radius 3 is 2.56 bits per heavy atom. The topological polar surface area (TPSA) is 35.2 Å². The number of methoxy groups -OCH3 is 1. The van der Waals surface area contributed by atoms with Crippen LogP contribution in [0.2, 0.25) is 0 Å². The first-order valence-electron chi connectivity index (χ1n) is 5.76. The van der Waals surface area contributed by atoms with Crippen molar-refractivity contribution in [3.63, 3.8) is 0 Å². The van der Waals surface area contributed by atoms with Gasteiger partial charge in [0.2, 0.25) is 0 Å². The zero-order chi connectivity index (χ0) is 12.2. The molecule has 2 N–H and O–H groups in total. The third kappa shape index (κ3) is 3.89. The Labute approximate surface area is 103 Å². The maximum atomic E-state index is 6.21. The van der Waals surface area contributed by atoms with E-state index in [0.717, 1.165) is 12.8 Å². The van der Waals surface area contributed by atoms with Crippen LogP contribution >= 0.6 is 11.3 Å². The SMILES string of the molecule is COC(C(N)CCc1cccs1)C(C)(C)C. The highest BCUT2D eigenvalue weighted by atomic mass is 32.1. The fourth-order valence-electron chi connectivity index (χ4n) is 2.09. The van der Waals surface area contributed by atoms with E-state index in [2.05, 4.69) is 38.3 Å². The summed E-state index contributed by atoms with van der Waals surface area (Å²) in [5.41, 5.74) is 6.31. The van der Waals surface area contributed by atoms with E-state index < -0.39 is 0 Å². The second-order valence-corrected chi connectivity index (χ2v) is 6.34. The number of thiophene rings is 1. The maximum Gasteiger partial charge on any atom is 0.0770 e. The monoisotopic (exact) mass is 241 g/mol. The van der Waals surface area contributed by atoms with Crippen molar-refractivity contribution in [1.29, 1.82) is 0 Å². The van der Waals surface area contributed by atoms with Crippen LogP contribution in [-0.2, 0) is 11.2 Å². The molecule has 0 saturated carbocycles. The molecule has 1 rings (SSSR count). The molecular formula is C13H23NOS. The first-order chi connectivity index (χ1) is 7.45. The van der Waals surface area contributed by atoms with E-state index in [4.69, 9.17) is 10.5 Å². The molecule has 3 heteroatoms. The van der Waals surface area contributed by atoms with Gasteiger partial charge in [0.1, 0.15) is 0 Å². The molecule has 1 aromatic heterocycles. The normalized spacial score (nSPS) is 16.1. The summed E-state index contributed by atoms with van der Waals surface area (Å²) < 4.78 is 5.52. The summed E-state index contributed by atoms with van der Waals surface area (Å²) in [4.78, 5) is 1.40. The molecule has 0 saturated heterocycles. The molecule has 0 aliphatic rings. The van der Waals surface area contributed by atoms with Crippen molar-refractivity contribution < 1.29 is 4.74 Å². The number of rotatable bonds is 5. The van der Waals surface area contributed by atoms with E-state index >= 15 is 0 Å². The first kappa shape index (κ1) is 13.7. The molecule has 1 aromatic rings. The Morgan fingerprint density at radius 2 is 2.12 bits per heavy atom. The van der Waals surface area contributed by atoms with Crippen LogP contribution in [0.25, 0.3) is 0 Å². The van der Waals surface area contributed by atoms with Crippen LogP contribution in [0.15, 0.2) is 17.5 Å². The van der Waals surface area contributed by atoms with E-state index in [9.17, 15) is 0 Å². The van der Waals surface area contributed by atoms with E-state index in [1.165, 1.54) is 4.88 Å². The Morgan fingerprint density at radius 1 is 1.44 bits per heavy atom. The molecule has 16 heavy (non-hydrogen) atoms. The third-order valence-corrected chi connectivity index (χ3v) is 3.74. The second kappa shape index (κ2) is 5.80. The molecule has 2 unspecified atom stereocenters. The molecule has 92 valence electrons. The summed E-state index contributed by atoms with van der Waals surface area (Å²) >= 11 is 1.80. The van der Waals surface area contributed by atoms with E-state index in [-0.39, 0.29) is 17.6 Å². The van der Waals surface area contributed by atoms with Crippen LogP contribution in [0.3, 0.4) is 0 Å². The molecule has 2 atom stereocenters. The van der Waals surface area contributed by atoms with Crippen molar-refractivity contribution in [2.45, 2.75) is 45.8 Å². The molecule has 1 heterocycles. The molecule has 0 aliphatic heterocycles. The van der Waals surface area contributed by atoms with Crippen molar-refractivity contribution >= 4 is 11.3 Å². The number of aryl methyl sites for hydroxylation is 1. The minimum atomic E-state index is 0.101. The summed E-state index contributed by atoms with van der Waals surface area (Å²) in [6.07, 6.45) is 2.15. The Balaban J connectivity index is 2.47. The lowest BCUT2D eigenvalue weighted by Crippen LogP contribution is -2.44. The van der Waals surface area contributed by atoms with Gasteiger partial charge in [0.05, 0.1) is 6.10 Å². The van der Waals surface area contributed by atoms with Gasteiger partial charge in [-0.25, -0.2) is 0 Å². The molecule has 0 aromatic carbocycles. The van der Waals surface area contributed by atoms with Gasteiger partial charge in [0.15, 0.2) is 0 Å². The quantitative estimate of drug-likeness (QED) is 0.860. The number of hydrogen-bond acceptors (Lipinski definition) is 3.